The molecule has 4 nitrogen and oxygen atoms in total. The van der Waals surface area contributed by atoms with Gasteiger partial charge in [0.15, 0.2) is 0 Å². The number of rotatable bonds is 4. The molecule has 0 saturated heterocycles. The van der Waals surface area contributed by atoms with E-state index in [2.05, 4.69) is 22.7 Å². The van der Waals surface area contributed by atoms with Gasteiger partial charge in [0.2, 0.25) is 0 Å². The first-order chi connectivity index (χ1) is 9.77. The van der Waals surface area contributed by atoms with Crippen molar-refractivity contribution in [3.05, 3.63) is 46.8 Å². The number of nitrogens with zero attached hydrogens (tertiary/aromatic N) is 1. The van der Waals surface area contributed by atoms with E-state index in [1.807, 2.05) is 0 Å². The molecule has 1 heterocycles. The molecule has 0 aliphatic rings. The van der Waals surface area contributed by atoms with Gasteiger partial charge in [-0.2, -0.15) is 13.2 Å². The Labute approximate surface area is 124 Å². The van der Waals surface area contributed by atoms with Crippen LogP contribution in [0.2, 0.25) is 0 Å². The average Bonchev–Trinajstić information content (AvgIpc) is 2.81. The summed E-state index contributed by atoms with van der Waals surface area (Å²) in [4.78, 5) is -0.291. The lowest BCUT2D eigenvalue weighted by atomic mass is 10.1. The maximum atomic E-state index is 13.0. The van der Waals surface area contributed by atoms with Crippen molar-refractivity contribution in [2.24, 2.45) is 5.73 Å². The smallest absolute Gasteiger partial charge is 0.389 e. The molecule has 8 heteroatoms. The summed E-state index contributed by atoms with van der Waals surface area (Å²) in [5.74, 6) is 0.631. The molecule has 0 saturated carbocycles. The highest BCUT2D eigenvalue weighted by Crippen LogP contribution is 2.33. The number of aryl methyl sites for hydroxylation is 1. The van der Waals surface area contributed by atoms with Crippen molar-refractivity contribution in [3.63, 3.8) is 0 Å². The first-order valence-electron chi connectivity index (χ1n) is 5.94. The Kier molecular flexibility index (Phi) is 4.17. The molecule has 2 rings (SSSR count). The molecule has 2 aromatic rings. The zero-order chi connectivity index (χ0) is 15.6. The highest BCUT2D eigenvalue weighted by Gasteiger charge is 2.34. The van der Waals surface area contributed by atoms with Gasteiger partial charge in [-0.25, -0.2) is 0 Å². The molecule has 112 valence electrons. The largest absolute Gasteiger partial charge is 0.417 e. The Morgan fingerprint density at radius 1 is 1.38 bits per heavy atom. The van der Waals surface area contributed by atoms with Crippen LogP contribution in [-0.4, -0.2) is 10.1 Å². The molecule has 1 aromatic carbocycles. The summed E-state index contributed by atoms with van der Waals surface area (Å²) in [7, 11) is 0. The van der Waals surface area contributed by atoms with E-state index < -0.39 is 11.7 Å². The Bertz CT molecular complexity index is 667. The molecule has 0 fully saturated rings. The minimum absolute atomic E-state index is 0.194. The normalized spacial score (nSPS) is 11.4. The van der Waals surface area contributed by atoms with E-state index in [0.29, 0.717) is 17.1 Å². The molecule has 0 spiro atoms. The van der Waals surface area contributed by atoms with Gasteiger partial charge >= 0.3 is 6.18 Å². The first-order valence-corrected chi connectivity index (χ1v) is 6.35. The van der Waals surface area contributed by atoms with Crippen LogP contribution in [0.3, 0.4) is 0 Å². The van der Waals surface area contributed by atoms with Gasteiger partial charge in [0.1, 0.15) is 16.4 Å². The number of alkyl halides is 3. The third kappa shape index (κ3) is 3.72. The lowest BCUT2D eigenvalue weighted by Crippen LogP contribution is -2.18. The molecule has 1 aromatic heterocycles. The SMILES string of the molecule is Cc1cc(CNc2ccc(C(N)=S)c(C(F)(F)F)c2)no1. The van der Waals surface area contributed by atoms with Gasteiger partial charge in [0.25, 0.3) is 0 Å². The van der Waals surface area contributed by atoms with E-state index in [0.717, 1.165) is 6.07 Å². The maximum Gasteiger partial charge on any atom is 0.417 e. The van der Waals surface area contributed by atoms with Crippen LogP contribution in [-0.2, 0) is 12.7 Å². The predicted octanol–water partition coefficient (Wildman–Crippen LogP) is 3.25. The molecule has 21 heavy (non-hydrogen) atoms. The van der Waals surface area contributed by atoms with Gasteiger partial charge in [-0.15, -0.1) is 0 Å². The third-order valence-electron chi connectivity index (χ3n) is 2.74. The molecule has 0 amide bonds. The molecule has 0 radical (unpaired) electrons. The number of aromatic nitrogens is 1. The molecular weight excluding hydrogens is 303 g/mol. The summed E-state index contributed by atoms with van der Waals surface area (Å²) < 4.78 is 43.8. The number of hydrogen-bond donors (Lipinski definition) is 2. The Morgan fingerprint density at radius 3 is 2.62 bits per heavy atom. The zero-order valence-corrected chi connectivity index (χ0v) is 11.8. The van der Waals surface area contributed by atoms with Crippen molar-refractivity contribution in [1.29, 1.82) is 0 Å². The summed E-state index contributed by atoms with van der Waals surface area (Å²) in [6.07, 6.45) is -4.53. The molecular formula is C13H12F3N3OS. The highest BCUT2D eigenvalue weighted by atomic mass is 32.1. The first kappa shape index (κ1) is 15.3. The fraction of sp³-hybridized carbons (Fsp3) is 0.231. The van der Waals surface area contributed by atoms with Crippen LogP contribution in [0.1, 0.15) is 22.6 Å². The van der Waals surface area contributed by atoms with Crippen LogP contribution in [0.15, 0.2) is 28.8 Å². The van der Waals surface area contributed by atoms with Gasteiger partial charge in [0, 0.05) is 17.3 Å². The van der Waals surface area contributed by atoms with Crippen molar-refractivity contribution >= 4 is 22.9 Å². The van der Waals surface area contributed by atoms with E-state index in [1.165, 1.54) is 12.1 Å². The highest BCUT2D eigenvalue weighted by molar-refractivity contribution is 7.80. The van der Waals surface area contributed by atoms with Crippen molar-refractivity contribution in [3.8, 4) is 0 Å². The van der Waals surface area contributed by atoms with Gasteiger partial charge in [0.05, 0.1) is 12.1 Å². The van der Waals surface area contributed by atoms with E-state index in [1.54, 1.807) is 13.0 Å². The Hall–Kier alpha value is -2.09. The van der Waals surface area contributed by atoms with Gasteiger partial charge in [-0.05, 0) is 25.1 Å². The van der Waals surface area contributed by atoms with Crippen molar-refractivity contribution in [2.45, 2.75) is 19.6 Å². The minimum atomic E-state index is -4.53. The lowest BCUT2D eigenvalue weighted by molar-refractivity contribution is -0.137. The van der Waals surface area contributed by atoms with Crippen molar-refractivity contribution in [1.82, 2.24) is 5.16 Å². The van der Waals surface area contributed by atoms with E-state index in [4.69, 9.17) is 10.3 Å². The quantitative estimate of drug-likeness (QED) is 0.848. The van der Waals surface area contributed by atoms with Crippen LogP contribution >= 0.6 is 12.2 Å². The molecule has 3 N–H and O–H groups in total. The van der Waals surface area contributed by atoms with Crippen LogP contribution < -0.4 is 11.1 Å². The Balaban J connectivity index is 2.23. The second-order valence-electron chi connectivity index (χ2n) is 4.40. The molecule has 0 bridgehead atoms. The molecule has 0 aliphatic heterocycles. The van der Waals surface area contributed by atoms with Crippen LogP contribution in [0.4, 0.5) is 18.9 Å². The summed E-state index contributed by atoms with van der Waals surface area (Å²) in [5.41, 5.74) is 5.15. The minimum Gasteiger partial charge on any atom is -0.389 e. The van der Waals surface area contributed by atoms with Crippen molar-refractivity contribution in [2.75, 3.05) is 5.32 Å². The number of benzene rings is 1. The standard InChI is InChI=1S/C13H12F3N3OS/c1-7-4-9(19-20-7)6-18-8-2-3-10(12(17)21)11(5-8)13(14,15)16/h2-5,18H,6H2,1H3,(H2,17,21). The number of hydrogen-bond acceptors (Lipinski definition) is 4. The zero-order valence-electron chi connectivity index (χ0n) is 11.0. The van der Waals surface area contributed by atoms with E-state index in [9.17, 15) is 13.2 Å². The third-order valence-corrected chi connectivity index (χ3v) is 2.96. The maximum absolute atomic E-state index is 13.0. The number of thiocarbonyl (C=S) groups is 1. The Morgan fingerprint density at radius 2 is 2.10 bits per heavy atom. The summed E-state index contributed by atoms with van der Waals surface area (Å²) >= 11 is 4.64. The predicted molar refractivity (Wildman–Crippen MR) is 75.9 cm³/mol. The topological polar surface area (TPSA) is 64.1 Å². The summed E-state index contributed by atoms with van der Waals surface area (Å²) in [6, 6.07) is 5.40. The van der Waals surface area contributed by atoms with E-state index in [-0.39, 0.29) is 17.1 Å². The molecule has 0 unspecified atom stereocenters. The molecule has 0 atom stereocenters. The summed E-state index contributed by atoms with van der Waals surface area (Å²) in [5, 5.41) is 6.59. The number of nitrogens with two attached hydrogens (primary N) is 1. The fourth-order valence-corrected chi connectivity index (χ4v) is 1.98. The fourth-order valence-electron chi connectivity index (χ4n) is 1.80. The van der Waals surface area contributed by atoms with Gasteiger partial charge in [-0.3, -0.25) is 0 Å². The lowest BCUT2D eigenvalue weighted by Gasteiger charge is -2.14. The van der Waals surface area contributed by atoms with Crippen LogP contribution in [0, 0.1) is 6.92 Å². The number of halogens is 3. The molecule has 0 aliphatic carbocycles. The summed E-state index contributed by atoms with van der Waals surface area (Å²) in [6.45, 7) is 1.98. The monoisotopic (exact) mass is 315 g/mol. The van der Waals surface area contributed by atoms with Crippen molar-refractivity contribution < 1.29 is 17.7 Å². The van der Waals surface area contributed by atoms with Gasteiger partial charge < -0.3 is 15.6 Å². The number of anilines is 1. The van der Waals surface area contributed by atoms with Crippen LogP contribution in [0.25, 0.3) is 0 Å². The average molecular weight is 315 g/mol. The number of nitrogens with one attached hydrogen (secondary N) is 1. The van der Waals surface area contributed by atoms with E-state index >= 15 is 0 Å². The van der Waals surface area contributed by atoms with Crippen LogP contribution in [0.5, 0.6) is 0 Å². The van der Waals surface area contributed by atoms with Gasteiger partial charge in [-0.1, -0.05) is 17.4 Å². The second kappa shape index (κ2) is 5.72. The second-order valence-corrected chi connectivity index (χ2v) is 4.84.